The minimum atomic E-state index is -1.01. The van der Waals surface area contributed by atoms with Crippen molar-refractivity contribution in [1.29, 1.82) is 0 Å². The molecule has 2 N–H and O–H groups in total. The highest BCUT2D eigenvalue weighted by molar-refractivity contribution is 5.94. The number of ether oxygens (including phenoxy) is 1. The minimum Gasteiger partial charge on any atom is -0.481 e. The maximum Gasteiger partial charge on any atom is 0.265 e. The lowest BCUT2D eigenvalue weighted by Gasteiger charge is -2.24. The third-order valence-corrected chi connectivity index (χ3v) is 4.70. The molecule has 144 valence electrons. The van der Waals surface area contributed by atoms with Crippen molar-refractivity contribution in [2.75, 3.05) is 10.6 Å². The Bertz CT molecular complexity index is 774. The van der Waals surface area contributed by atoms with Crippen molar-refractivity contribution < 1.29 is 18.3 Å². The molecule has 0 heterocycles. The smallest absolute Gasteiger partial charge is 0.265 e. The molecule has 0 spiro atoms. The van der Waals surface area contributed by atoms with Crippen molar-refractivity contribution in [1.82, 2.24) is 0 Å². The first kappa shape index (κ1) is 19.1. The second-order valence-electron chi connectivity index (χ2n) is 6.88. The zero-order valence-electron chi connectivity index (χ0n) is 15.3. The lowest BCUT2D eigenvalue weighted by Crippen LogP contribution is -2.30. The molecule has 1 aliphatic rings. The highest BCUT2D eigenvalue weighted by Crippen LogP contribution is 2.23. The third-order valence-electron chi connectivity index (χ3n) is 4.70. The third kappa shape index (κ3) is 5.42. The van der Waals surface area contributed by atoms with Crippen LogP contribution in [0.25, 0.3) is 0 Å². The summed E-state index contributed by atoms with van der Waals surface area (Å²) in [7, 11) is 0. The Morgan fingerprint density at radius 2 is 1.67 bits per heavy atom. The first-order valence-corrected chi connectivity index (χ1v) is 9.30. The van der Waals surface area contributed by atoms with Gasteiger partial charge in [-0.3, -0.25) is 4.79 Å². The lowest BCUT2D eigenvalue weighted by atomic mass is 9.95. The predicted molar refractivity (Wildman–Crippen MR) is 102 cm³/mol. The topological polar surface area (TPSA) is 50.4 Å². The van der Waals surface area contributed by atoms with Crippen LogP contribution in [0.2, 0.25) is 0 Å². The first-order chi connectivity index (χ1) is 13.0. The summed E-state index contributed by atoms with van der Waals surface area (Å²) in [5.41, 5.74) is 1.68. The van der Waals surface area contributed by atoms with Crippen LogP contribution in [-0.2, 0) is 4.79 Å². The van der Waals surface area contributed by atoms with Crippen molar-refractivity contribution >= 4 is 17.3 Å². The van der Waals surface area contributed by atoms with Crippen LogP contribution in [0.4, 0.5) is 20.2 Å². The molecule has 6 heteroatoms. The molecule has 2 aromatic carbocycles. The summed E-state index contributed by atoms with van der Waals surface area (Å²) in [6.45, 7) is 1.55. The van der Waals surface area contributed by atoms with Crippen molar-refractivity contribution in [2.24, 2.45) is 0 Å². The zero-order valence-corrected chi connectivity index (χ0v) is 15.3. The molecule has 0 aliphatic heterocycles. The van der Waals surface area contributed by atoms with Gasteiger partial charge in [0.25, 0.3) is 5.91 Å². The molecule has 4 nitrogen and oxygen atoms in total. The average molecular weight is 374 g/mol. The van der Waals surface area contributed by atoms with Crippen LogP contribution in [0.3, 0.4) is 0 Å². The van der Waals surface area contributed by atoms with Gasteiger partial charge in [0.05, 0.1) is 0 Å². The quantitative estimate of drug-likeness (QED) is 0.738. The van der Waals surface area contributed by atoms with Gasteiger partial charge in [0.15, 0.2) is 17.7 Å². The fraction of sp³-hybridized carbons (Fsp3) is 0.381. The number of hydrogen-bond donors (Lipinski definition) is 2. The summed E-state index contributed by atoms with van der Waals surface area (Å²) in [6.07, 6.45) is 5.38. The molecule has 1 amide bonds. The highest BCUT2D eigenvalue weighted by atomic mass is 19.2. The molecule has 0 bridgehead atoms. The number of anilines is 2. The standard InChI is InChI=1S/C21H24F2N2O2/c1-14(27-18-11-12-19(22)20(23)13-18)21(26)25-17-9-7-16(8-10-17)24-15-5-3-2-4-6-15/h7-15,24H,2-6H2,1H3,(H,25,26). The number of benzene rings is 2. The Morgan fingerprint density at radius 1 is 1.00 bits per heavy atom. The number of amides is 1. The van der Waals surface area contributed by atoms with Crippen LogP contribution in [-0.4, -0.2) is 18.1 Å². The van der Waals surface area contributed by atoms with E-state index in [0.29, 0.717) is 11.7 Å². The van der Waals surface area contributed by atoms with Gasteiger partial charge in [0.2, 0.25) is 0 Å². The van der Waals surface area contributed by atoms with Crippen molar-refractivity contribution in [3.63, 3.8) is 0 Å². The van der Waals surface area contributed by atoms with E-state index in [0.717, 1.165) is 17.8 Å². The SMILES string of the molecule is CC(Oc1ccc(F)c(F)c1)C(=O)Nc1ccc(NC2CCCCC2)cc1. The minimum absolute atomic E-state index is 0.101. The molecule has 1 atom stereocenters. The molecular formula is C21H24F2N2O2. The van der Waals surface area contributed by atoms with Crippen LogP contribution in [0.5, 0.6) is 5.75 Å². The molecule has 0 radical (unpaired) electrons. The molecule has 0 saturated heterocycles. The summed E-state index contributed by atoms with van der Waals surface area (Å²) in [4.78, 5) is 12.3. The summed E-state index contributed by atoms with van der Waals surface area (Å²) >= 11 is 0. The zero-order chi connectivity index (χ0) is 19.2. The van der Waals surface area contributed by atoms with Gasteiger partial charge in [-0.15, -0.1) is 0 Å². The van der Waals surface area contributed by atoms with Crippen LogP contribution >= 0.6 is 0 Å². The number of rotatable bonds is 6. The van der Waals surface area contributed by atoms with E-state index in [2.05, 4.69) is 10.6 Å². The van der Waals surface area contributed by atoms with E-state index in [1.54, 1.807) is 6.92 Å². The number of nitrogens with one attached hydrogen (secondary N) is 2. The number of hydrogen-bond acceptors (Lipinski definition) is 3. The number of halogens is 2. The monoisotopic (exact) mass is 374 g/mol. The van der Waals surface area contributed by atoms with Crippen molar-refractivity contribution in [3.05, 3.63) is 54.1 Å². The fourth-order valence-corrected chi connectivity index (χ4v) is 3.18. The summed E-state index contributed by atoms with van der Waals surface area (Å²) in [5, 5.41) is 6.28. The molecule has 27 heavy (non-hydrogen) atoms. The lowest BCUT2D eigenvalue weighted by molar-refractivity contribution is -0.122. The van der Waals surface area contributed by atoms with Crippen molar-refractivity contribution in [2.45, 2.75) is 51.2 Å². The Hall–Kier alpha value is -2.63. The maximum absolute atomic E-state index is 13.2. The van der Waals surface area contributed by atoms with Crippen LogP contribution < -0.4 is 15.4 Å². The molecule has 1 fully saturated rings. The molecule has 0 aromatic heterocycles. The molecule has 3 rings (SSSR count). The summed E-state index contributed by atoms with van der Waals surface area (Å²) < 4.78 is 31.5. The van der Waals surface area contributed by atoms with Gasteiger partial charge in [-0.2, -0.15) is 0 Å². The molecule has 2 aromatic rings. The van der Waals surface area contributed by atoms with Crippen LogP contribution in [0.15, 0.2) is 42.5 Å². The Morgan fingerprint density at radius 3 is 2.33 bits per heavy atom. The van der Waals surface area contributed by atoms with E-state index in [-0.39, 0.29) is 11.7 Å². The van der Waals surface area contributed by atoms with Crippen LogP contribution in [0, 0.1) is 11.6 Å². The molecule has 1 saturated carbocycles. The Labute approximate surface area is 157 Å². The molecule has 1 aliphatic carbocycles. The van der Waals surface area contributed by atoms with Gasteiger partial charge in [0.1, 0.15) is 5.75 Å². The largest absolute Gasteiger partial charge is 0.481 e. The second-order valence-corrected chi connectivity index (χ2v) is 6.88. The second kappa shape index (κ2) is 8.84. The first-order valence-electron chi connectivity index (χ1n) is 9.30. The van der Waals surface area contributed by atoms with Crippen molar-refractivity contribution in [3.8, 4) is 5.75 Å². The van der Waals surface area contributed by atoms with Gasteiger partial charge in [-0.25, -0.2) is 8.78 Å². The predicted octanol–water partition coefficient (Wildman–Crippen LogP) is 5.12. The van der Waals surface area contributed by atoms with E-state index in [1.807, 2.05) is 24.3 Å². The van der Waals surface area contributed by atoms with E-state index >= 15 is 0 Å². The van der Waals surface area contributed by atoms with E-state index in [1.165, 1.54) is 38.2 Å². The fourth-order valence-electron chi connectivity index (χ4n) is 3.18. The van der Waals surface area contributed by atoms with Gasteiger partial charge in [-0.05, 0) is 56.2 Å². The van der Waals surface area contributed by atoms with Gasteiger partial charge in [0, 0.05) is 23.5 Å². The van der Waals surface area contributed by atoms with E-state index in [9.17, 15) is 13.6 Å². The van der Waals surface area contributed by atoms with Crippen LogP contribution in [0.1, 0.15) is 39.0 Å². The number of carbonyl (C=O) groups excluding carboxylic acids is 1. The average Bonchev–Trinajstić information content (AvgIpc) is 2.67. The molecular weight excluding hydrogens is 350 g/mol. The van der Waals surface area contributed by atoms with E-state index in [4.69, 9.17) is 4.74 Å². The maximum atomic E-state index is 13.2. The highest BCUT2D eigenvalue weighted by Gasteiger charge is 2.16. The Balaban J connectivity index is 1.52. The normalized spacial score (nSPS) is 15.8. The Kier molecular flexibility index (Phi) is 6.27. The van der Waals surface area contributed by atoms with E-state index < -0.39 is 17.7 Å². The van der Waals surface area contributed by atoms with Gasteiger partial charge in [-0.1, -0.05) is 19.3 Å². The summed E-state index contributed by atoms with van der Waals surface area (Å²) in [6, 6.07) is 11.2. The summed E-state index contributed by atoms with van der Waals surface area (Å²) in [5.74, 6) is -2.24. The van der Waals surface area contributed by atoms with Gasteiger partial charge < -0.3 is 15.4 Å². The number of carbonyl (C=O) groups is 1. The molecule has 1 unspecified atom stereocenters. The van der Waals surface area contributed by atoms with Gasteiger partial charge >= 0.3 is 0 Å².